The maximum absolute atomic E-state index is 12.3. The van der Waals surface area contributed by atoms with Crippen LogP contribution in [-0.4, -0.2) is 43.1 Å². The zero-order valence-corrected chi connectivity index (χ0v) is 17.3. The molecule has 2 fully saturated rings. The highest BCUT2D eigenvalue weighted by Crippen LogP contribution is 2.27. The summed E-state index contributed by atoms with van der Waals surface area (Å²) in [5.41, 5.74) is 2.53. The molecule has 1 aliphatic heterocycles. The Morgan fingerprint density at radius 2 is 1.86 bits per heavy atom. The van der Waals surface area contributed by atoms with Crippen molar-refractivity contribution in [2.45, 2.75) is 32.7 Å². The van der Waals surface area contributed by atoms with Gasteiger partial charge in [-0.05, 0) is 44.9 Å². The minimum Gasteiger partial charge on any atom is -0.496 e. The van der Waals surface area contributed by atoms with Gasteiger partial charge in [-0.25, -0.2) is 0 Å². The maximum Gasteiger partial charge on any atom is 0.255 e. The van der Waals surface area contributed by atoms with Crippen LogP contribution in [0.25, 0.3) is 0 Å². The Labute approximate surface area is 171 Å². The predicted octanol–water partition coefficient (Wildman–Crippen LogP) is 2.96. The molecule has 1 unspecified atom stereocenters. The van der Waals surface area contributed by atoms with E-state index >= 15 is 0 Å². The highest BCUT2D eigenvalue weighted by atomic mass is 16.6. The van der Waals surface area contributed by atoms with Gasteiger partial charge in [0, 0.05) is 29.4 Å². The van der Waals surface area contributed by atoms with E-state index in [0.717, 1.165) is 43.4 Å². The molecule has 29 heavy (non-hydrogen) atoms. The molecule has 154 valence electrons. The van der Waals surface area contributed by atoms with E-state index in [0.29, 0.717) is 11.7 Å². The number of ether oxygens (including phenoxy) is 3. The number of hydrogen-bond acceptors (Lipinski definition) is 5. The van der Waals surface area contributed by atoms with Crippen LogP contribution in [0.5, 0.6) is 5.75 Å². The Balaban J connectivity index is 0.000000343. The first-order valence-electron chi connectivity index (χ1n) is 9.98. The lowest BCUT2D eigenvalue weighted by Crippen LogP contribution is -2.26. The first-order chi connectivity index (χ1) is 14.1. The van der Waals surface area contributed by atoms with Crippen molar-refractivity contribution < 1.29 is 14.2 Å². The van der Waals surface area contributed by atoms with Crippen LogP contribution < -0.4 is 10.3 Å². The van der Waals surface area contributed by atoms with Crippen LogP contribution in [0.1, 0.15) is 42.8 Å². The van der Waals surface area contributed by atoms with Crippen LogP contribution in [0.15, 0.2) is 35.3 Å². The Bertz CT molecular complexity index is 905. The van der Waals surface area contributed by atoms with Crippen molar-refractivity contribution in [3.63, 3.8) is 0 Å². The molecule has 2 aromatic heterocycles. The fraction of sp³-hybridized carbons (Fsp3) is 0.478. The molecule has 0 N–H and O–H groups in total. The van der Waals surface area contributed by atoms with Crippen LogP contribution in [0.4, 0.5) is 0 Å². The maximum atomic E-state index is 12.3. The van der Waals surface area contributed by atoms with Gasteiger partial charge in [0.05, 0.1) is 45.3 Å². The summed E-state index contributed by atoms with van der Waals surface area (Å²) in [5, 5.41) is 0. The Morgan fingerprint density at radius 1 is 1.17 bits per heavy atom. The van der Waals surface area contributed by atoms with Crippen molar-refractivity contribution in [2.75, 3.05) is 33.5 Å². The summed E-state index contributed by atoms with van der Waals surface area (Å²) >= 11 is 0. The molecule has 3 heterocycles. The van der Waals surface area contributed by atoms with E-state index in [1.54, 1.807) is 17.9 Å². The first-order valence-corrected chi connectivity index (χ1v) is 9.98. The molecule has 0 spiro atoms. The van der Waals surface area contributed by atoms with Crippen LogP contribution in [0, 0.1) is 24.7 Å². The third kappa shape index (κ3) is 6.18. The lowest BCUT2D eigenvalue weighted by atomic mass is 10.1. The summed E-state index contributed by atoms with van der Waals surface area (Å²) in [6.45, 7) is 6.98. The third-order valence-corrected chi connectivity index (χ3v) is 4.81. The predicted molar refractivity (Wildman–Crippen MR) is 111 cm³/mol. The molecule has 1 aliphatic carbocycles. The number of aryl methyl sites for hydroxylation is 1. The second kappa shape index (κ2) is 10.2. The monoisotopic (exact) mass is 396 g/mol. The fourth-order valence-electron chi connectivity index (χ4n) is 3.01. The van der Waals surface area contributed by atoms with Crippen LogP contribution in [0.3, 0.4) is 0 Å². The van der Waals surface area contributed by atoms with Gasteiger partial charge in [0.2, 0.25) is 0 Å². The highest BCUT2D eigenvalue weighted by molar-refractivity contribution is 5.34. The molecule has 0 aromatic carbocycles. The molecule has 1 saturated carbocycles. The number of methoxy groups -OCH3 is 1. The quantitative estimate of drug-likeness (QED) is 0.747. The van der Waals surface area contributed by atoms with E-state index in [2.05, 4.69) is 16.8 Å². The molecule has 4 rings (SSSR count). The molecular formula is C23H28N2O4. The van der Waals surface area contributed by atoms with Crippen molar-refractivity contribution in [1.82, 2.24) is 9.55 Å². The van der Waals surface area contributed by atoms with Gasteiger partial charge in [-0.15, -0.1) is 0 Å². The van der Waals surface area contributed by atoms with E-state index in [1.165, 1.54) is 18.9 Å². The normalized spacial score (nSPS) is 16.7. The molecular weight excluding hydrogens is 368 g/mol. The molecule has 1 saturated heterocycles. The Morgan fingerprint density at radius 3 is 2.34 bits per heavy atom. The van der Waals surface area contributed by atoms with Gasteiger partial charge < -0.3 is 18.8 Å². The van der Waals surface area contributed by atoms with E-state index in [4.69, 9.17) is 14.2 Å². The van der Waals surface area contributed by atoms with Crippen LogP contribution in [0.2, 0.25) is 0 Å². The van der Waals surface area contributed by atoms with Gasteiger partial charge in [0.25, 0.3) is 5.56 Å². The van der Waals surface area contributed by atoms with Crippen molar-refractivity contribution >= 4 is 0 Å². The third-order valence-electron chi connectivity index (χ3n) is 4.81. The summed E-state index contributed by atoms with van der Waals surface area (Å²) in [4.78, 5) is 16.8. The van der Waals surface area contributed by atoms with E-state index in [-0.39, 0.29) is 11.6 Å². The van der Waals surface area contributed by atoms with Crippen LogP contribution in [-0.2, 0) is 9.47 Å². The molecule has 0 radical (unpaired) electrons. The highest BCUT2D eigenvalue weighted by Gasteiger charge is 2.18. The van der Waals surface area contributed by atoms with Gasteiger partial charge in [0.1, 0.15) is 5.75 Å². The molecule has 1 atom stereocenters. The van der Waals surface area contributed by atoms with Crippen molar-refractivity contribution in [2.24, 2.45) is 5.92 Å². The SMILES string of the molecule is C1COCCO1.COc1cc(C)n(C(C)c2ccc(C#CC3CC3)cn2)c(=O)c1. The standard InChI is InChI=1S/C19H20N2O2.C4H8O2/c1-13-10-17(23-3)11-19(22)21(13)14(2)18-9-8-16(12-20-18)7-6-15-4-5-15;1-2-6-4-3-5-1/h8-12,14-15H,4-5H2,1-3H3;1-4H2. The van der Waals surface area contributed by atoms with Crippen LogP contribution >= 0.6 is 0 Å². The summed E-state index contributed by atoms with van der Waals surface area (Å²) in [7, 11) is 1.56. The second-order valence-corrected chi connectivity index (χ2v) is 7.16. The fourth-order valence-corrected chi connectivity index (χ4v) is 3.01. The minimum atomic E-state index is -0.140. The minimum absolute atomic E-state index is 0.0891. The zero-order chi connectivity index (χ0) is 20.6. The van der Waals surface area contributed by atoms with E-state index in [9.17, 15) is 4.79 Å². The number of hydrogen-bond donors (Lipinski definition) is 0. The average molecular weight is 396 g/mol. The molecule has 0 amide bonds. The molecule has 6 heteroatoms. The van der Waals surface area contributed by atoms with Gasteiger partial charge >= 0.3 is 0 Å². The van der Waals surface area contributed by atoms with Gasteiger partial charge in [-0.2, -0.15) is 0 Å². The number of rotatable bonds is 3. The van der Waals surface area contributed by atoms with E-state index < -0.39 is 0 Å². The Kier molecular flexibility index (Phi) is 7.45. The van der Waals surface area contributed by atoms with Crippen molar-refractivity contribution in [1.29, 1.82) is 0 Å². The zero-order valence-electron chi connectivity index (χ0n) is 17.3. The molecule has 0 bridgehead atoms. The summed E-state index contributed by atoms with van der Waals surface area (Å²) in [6, 6.07) is 7.13. The van der Waals surface area contributed by atoms with E-state index in [1.807, 2.05) is 32.0 Å². The van der Waals surface area contributed by atoms with Gasteiger partial charge in [0.15, 0.2) is 0 Å². The second-order valence-electron chi connectivity index (χ2n) is 7.16. The lowest BCUT2D eigenvalue weighted by molar-refractivity contribution is -0.0334. The van der Waals surface area contributed by atoms with Gasteiger partial charge in [-0.1, -0.05) is 11.8 Å². The Hall–Kier alpha value is -2.62. The average Bonchev–Trinajstić information content (AvgIpc) is 3.58. The lowest BCUT2D eigenvalue weighted by Gasteiger charge is -2.18. The number of aromatic nitrogens is 2. The van der Waals surface area contributed by atoms with Crippen molar-refractivity contribution in [3.8, 4) is 17.6 Å². The number of nitrogens with zero attached hydrogens (tertiary/aromatic N) is 2. The molecule has 6 nitrogen and oxygen atoms in total. The molecule has 2 aliphatic rings. The number of pyridine rings is 2. The topological polar surface area (TPSA) is 62.6 Å². The summed E-state index contributed by atoms with van der Waals surface area (Å²) in [5.74, 6) is 7.53. The summed E-state index contributed by atoms with van der Waals surface area (Å²) in [6.07, 6.45) is 4.22. The summed E-state index contributed by atoms with van der Waals surface area (Å²) < 4.78 is 16.8. The smallest absolute Gasteiger partial charge is 0.255 e. The molecule has 2 aromatic rings. The largest absolute Gasteiger partial charge is 0.496 e. The van der Waals surface area contributed by atoms with Gasteiger partial charge in [-0.3, -0.25) is 9.78 Å². The first kappa shape index (κ1) is 21.1. The van der Waals surface area contributed by atoms with Crippen molar-refractivity contribution in [3.05, 3.63) is 57.8 Å².